The molecule has 1 aromatic rings. The normalized spacial score (nSPS) is 20.9. The number of likely N-dealkylation sites (N-methyl/N-ethyl adjacent to an activating group) is 1. The zero-order valence-corrected chi connectivity index (χ0v) is 33.3. The predicted molar refractivity (Wildman–Crippen MR) is 201 cm³/mol. The molecule has 7 atom stereocenters. The van der Waals surface area contributed by atoms with Crippen molar-refractivity contribution in [3.05, 3.63) is 35.9 Å². The SMILES string of the molecule is CCCCC(NC(=O)[C@@H]1C2[C@H](CN1C(=O)[C@@H](NC(=O)NC(C)C(C)C)C(C)(C)C)C2(C)C)C(=O)C(=O)NCC(=O)N[C@H](C(=O)N(C)C)c1ccccc1. The van der Waals surface area contributed by atoms with Crippen molar-refractivity contribution in [3.63, 3.8) is 0 Å². The number of hydrogen-bond donors (Lipinski definition) is 5. The first-order valence-electron chi connectivity index (χ1n) is 18.7. The van der Waals surface area contributed by atoms with Gasteiger partial charge in [0, 0.05) is 26.7 Å². The summed E-state index contributed by atoms with van der Waals surface area (Å²) >= 11 is 0. The smallest absolute Gasteiger partial charge is 0.315 e. The van der Waals surface area contributed by atoms with Gasteiger partial charge in [0.2, 0.25) is 29.4 Å². The lowest BCUT2D eigenvalue weighted by Crippen LogP contribution is -2.61. The van der Waals surface area contributed by atoms with E-state index in [1.54, 1.807) is 44.4 Å². The van der Waals surface area contributed by atoms with Gasteiger partial charge in [0.25, 0.3) is 5.91 Å². The van der Waals surface area contributed by atoms with E-state index in [-0.39, 0.29) is 41.5 Å². The molecule has 5 N–H and O–H groups in total. The Hall–Kier alpha value is -4.49. The lowest BCUT2D eigenvalue weighted by molar-refractivity contribution is -0.145. The van der Waals surface area contributed by atoms with Gasteiger partial charge in [-0.15, -0.1) is 0 Å². The minimum atomic E-state index is -1.20. The van der Waals surface area contributed by atoms with Crippen LogP contribution in [0.15, 0.2) is 30.3 Å². The van der Waals surface area contributed by atoms with Crippen LogP contribution in [-0.4, -0.2) is 103 Å². The van der Waals surface area contributed by atoms with E-state index in [4.69, 9.17) is 0 Å². The van der Waals surface area contributed by atoms with E-state index in [1.165, 1.54) is 9.80 Å². The number of urea groups is 1. The van der Waals surface area contributed by atoms with Crippen LogP contribution in [0.3, 0.4) is 0 Å². The first kappa shape index (κ1) is 42.9. The van der Waals surface area contributed by atoms with E-state index in [0.29, 0.717) is 24.9 Å². The van der Waals surface area contributed by atoms with Crippen LogP contribution in [0.2, 0.25) is 0 Å². The van der Waals surface area contributed by atoms with Crippen molar-refractivity contribution in [1.29, 1.82) is 0 Å². The highest BCUT2D eigenvalue weighted by atomic mass is 16.2. The molecule has 1 saturated heterocycles. The average molecular weight is 740 g/mol. The molecule has 0 bridgehead atoms. The maximum absolute atomic E-state index is 14.2. The molecule has 14 heteroatoms. The van der Waals surface area contributed by atoms with Crippen LogP contribution in [0, 0.1) is 28.6 Å². The summed E-state index contributed by atoms with van der Waals surface area (Å²) in [5.74, 6) is -3.92. The molecule has 0 radical (unpaired) electrons. The third-order valence-electron chi connectivity index (χ3n) is 10.7. The summed E-state index contributed by atoms with van der Waals surface area (Å²) < 4.78 is 0. The van der Waals surface area contributed by atoms with Gasteiger partial charge in [-0.25, -0.2) is 4.79 Å². The molecule has 1 saturated carbocycles. The Morgan fingerprint density at radius 2 is 1.55 bits per heavy atom. The number of hydrogen-bond acceptors (Lipinski definition) is 7. The van der Waals surface area contributed by atoms with E-state index < -0.39 is 71.6 Å². The number of ketones is 1. The Morgan fingerprint density at radius 3 is 2.09 bits per heavy atom. The van der Waals surface area contributed by atoms with Gasteiger partial charge < -0.3 is 36.4 Å². The van der Waals surface area contributed by atoms with Crippen LogP contribution in [0.1, 0.15) is 93.2 Å². The summed E-state index contributed by atoms with van der Waals surface area (Å²) in [7, 11) is 3.13. The van der Waals surface area contributed by atoms with Crippen LogP contribution < -0.4 is 26.6 Å². The number of rotatable bonds is 16. The first-order chi connectivity index (χ1) is 24.6. The largest absolute Gasteiger partial charge is 0.347 e. The number of Topliss-reactive ketones (excluding diaryl/α,β-unsaturated/α-hetero) is 1. The number of unbranched alkanes of at least 4 members (excludes halogenated alkanes) is 1. The number of benzene rings is 1. The van der Waals surface area contributed by atoms with Gasteiger partial charge in [-0.3, -0.25) is 28.8 Å². The molecule has 0 aromatic heterocycles. The molecule has 2 fully saturated rings. The monoisotopic (exact) mass is 739 g/mol. The molecule has 1 aromatic carbocycles. The maximum Gasteiger partial charge on any atom is 0.315 e. The lowest BCUT2D eigenvalue weighted by atomic mass is 9.85. The fourth-order valence-electron chi connectivity index (χ4n) is 6.92. The zero-order valence-electron chi connectivity index (χ0n) is 33.3. The van der Waals surface area contributed by atoms with Gasteiger partial charge in [0.05, 0.1) is 12.6 Å². The lowest BCUT2D eigenvalue weighted by Gasteiger charge is -2.38. The fourth-order valence-corrected chi connectivity index (χ4v) is 6.92. The zero-order chi connectivity index (χ0) is 40.0. The van der Waals surface area contributed by atoms with Crippen molar-refractivity contribution >= 4 is 41.4 Å². The van der Waals surface area contributed by atoms with Gasteiger partial charge in [-0.1, -0.05) is 98.6 Å². The number of piperidine rings is 1. The maximum atomic E-state index is 14.2. The summed E-state index contributed by atoms with van der Waals surface area (Å²) in [5.41, 5.74) is -0.366. The molecule has 1 aliphatic heterocycles. The molecule has 3 rings (SSSR count). The summed E-state index contributed by atoms with van der Waals surface area (Å²) in [4.78, 5) is 96.7. The Balaban J connectivity index is 1.75. The Labute approximate surface area is 314 Å². The molecule has 2 aliphatic rings. The minimum absolute atomic E-state index is 0.0447. The molecule has 1 heterocycles. The topological polar surface area (TPSA) is 186 Å². The molecule has 0 spiro atoms. The van der Waals surface area contributed by atoms with Gasteiger partial charge >= 0.3 is 6.03 Å². The van der Waals surface area contributed by atoms with Crippen LogP contribution in [0.25, 0.3) is 0 Å². The van der Waals surface area contributed by atoms with Gasteiger partial charge in [0.15, 0.2) is 0 Å². The Kier molecular flexibility index (Phi) is 14.2. The molecule has 14 nitrogen and oxygen atoms in total. The highest BCUT2D eigenvalue weighted by Crippen LogP contribution is 2.65. The number of nitrogens with one attached hydrogen (secondary N) is 5. The second-order valence-corrected chi connectivity index (χ2v) is 16.7. The third-order valence-corrected chi connectivity index (χ3v) is 10.7. The average Bonchev–Trinajstić information content (AvgIpc) is 3.38. The molecule has 53 heavy (non-hydrogen) atoms. The summed E-state index contributed by atoms with van der Waals surface area (Å²) in [6.45, 7) is 17.1. The van der Waals surface area contributed by atoms with Crippen molar-refractivity contribution in [3.8, 4) is 0 Å². The van der Waals surface area contributed by atoms with Crippen LogP contribution in [0.5, 0.6) is 0 Å². The quantitative estimate of drug-likeness (QED) is 0.161. The van der Waals surface area contributed by atoms with Crippen molar-refractivity contribution in [1.82, 2.24) is 36.4 Å². The van der Waals surface area contributed by atoms with Gasteiger partial charge in [-0.2, -0.15) is 0 Å². The number of carbonyl (C=O) groups is 7. The number of fused-ring (bicyclic) bond motifs is 1. The predicted octanol–water partition coefficient (Wildman–Crippen LogP) is 2.53. The van der Waals surface area contributed by atoms with Crippen LogP contribution in [0.4, 0.5) is 4.79 Å². The highest BCUT2D eigenvalue weighted by Gasteiger charge is 2.70. The summed E-state index contributed by atoms with van der Waals surface area (Å²) in [6.07, 6.45) is 1.39. The number of carbonyl (C=O) groups excluding carboxylic acids is 7. The van der Waals surface area contributed by atoms with Crippen LogP contribution >= 0.6 is 0 Å². The Bertz CT molecular complexity index is 1520. The van der Waals surface area contributed by atoms with Crippen molar-refractivity contribution < 1.29 is 33.6 Å². The third kappa shape index (κ3) is 10.6. The van der Waals surface area contributed by atoms with E-state index in [1.807, 2.05) is 62.3 Å². The van der Waals surface area contributed by atoms with Crippen LogP contribution in [-0.2, 0) is 28.8 Å². The summed E-state index contributed by atoms with van der Waals surface area (Å²) in [5, 5.41) is 13.5. The van der Waals surface area contributed by atoms with Crippen molar-refractivity contribution in [2.24, 2.45) is 28.6 Å². The molecular weight excluding hydrogens is 678 g/mol. The fraction of sp³-hybridized carbons (Fsp3) is 0.667. The summed E-state index contributed by atoms with van der Waals surface area (Å²) in [6, 6.07) is 3.99. The molecule has 3 unspecified atom stereocenters. The molecule has 7 amide bonds. The first-order valence-corrected chi connectivity index (χ1v) is 18.7. The number of likely N-dealkylation sites (tertiary alicyclic amines) is 1. The second kappa shape index (κ2) is 17.6. The molecule has 294 valence electrons. The van der Waals surface area contributed by atoms with E-state index in [2.05, 4.69) is 26.6 Å². The Morgan fingerprint density at radius 1 is 0.925 bits per heavy atom. The van der Waals surface area contributed by atoms with Gasteiger partial charge in [0.1, 0.15) is 18.1 Å². The minimum Gasteiger partial charge on any atom is -0.347 e. The van der Waals surface area contributed by atoms with Crippen molar-refractivity contribution in [2.75, 3.05) is 27.2 Å². The number of amides is 7. The van der Waals surface area contributed by atoms with E-state index in [0.717, 1.165) is 0 Å². The van der Waals surface area contributed by atoms with E-state index in [9.17, 15) is 33.6 Å². The second-order valence-electron chi connectivity index (χ2n) is 16.7. The van der Waals surface area contributed by atoms with Crippen molar-refractivity contribution in [2.45, 2.75) is 112 Å². The highest BCUT2D eigenvalue weighted by molar-refractivity contribution is 6.38. The van der Waals surface area contributed by atoms with Gasteiger partial charge in [-0.05, 0) is 47.5 Å². The standard InChI is InChI=1S/C39H61N7O7/c1-12-13-19-26(31(48)34(50)40-20-27(47)43-29(35(51)45(10)11)24-17-15-14-16-18-24)42-33(49)30-28-25(39(28,8)9)21-46(30)36(52)32(38(5,6)7)44-37(53)41-23(4)22(2)3/h14-18,22-23,25-26,28-30,32H,12-13,19-21H2,1-11H3,(H,40,50)(H,42,49)(H,43,47)(H2,41,44,53)/t23?,25-,26?,28?,29-,30-,32+/m0/s1. The number of nitrogens with zero attached hydrogens (tertiary/aromatic N) is 2. The molecular formula is C39H61N7O7. The van der Waals surface area contributed by atoms with E-state index >= 15 is 0 Å². The molecule has 1 aliphatic carbocycles.